The monoisotopic (exact) mass is 378 g/mol. The lowest BCUT2D eigenvalue weighted by Crippen LogP contribution is -2.16. The zero-order valence-corrected chi connectivity index (χ0v) is 17.4. The van der Waals surface area contributed by atoms with E-state index in [2.05, 4.69) is 6.92 Å². The van der Waals surface area contributed by atoms with Gasteiger partial charge in [0.15, 0.2) is 0 Å². The van der Waals surface area contributed by atoms with E-state index in [-0.39, 0.29) is 6.10 Å². The molecule has 2 unspecified atom stereocenters. The molecule has 0 aliphatic rings. The van der Waals surface area contributed by atoms with Gasteiger partial charge in [0.1, 0.15) is 0 Å². The number of hydrogen-bond acceptors (Lipinski definition) is 3. The van der Waals surface area contributed by atoms with Crippen LogP contribution in [0.1, 0.15) is 117 Å². The van der Waals surface area contributed by atoms with E-state index in [0.717, 1.165) is 51.4 Å². The summed E-state index contributed by atoms with van der Waals surface area (Å²) >= 11 is 0. The maximum absolute atomic E-state index is 10.9. The summed E-state index contributed by atoms with van der Waals surface area (Å²) < 4.78 is 30.7. The molecule has 0 heterocycles. The van der Waals surface area contributed by atoms with Crippen molar-refractivity contribution in [2.75, 3.05) is 0 Å². The van der Waals surface area contributed by atoms with Gasteiger partial charge in [0, 0.05) is 0 Å². The number of unbranched alkanes of at least 4 members (excludes halogenated alkanes) is 11. The Labute approximate surface area is 156 Å². The summed E-state index contributed by atoms with van der Waals surface area (Å²) in [5.74, 6) is 0. The van der Waals surface area contributed by atoms with Crippen molar-refractivity contribution in [2.45, 2.75) is 128 Å². The molecule has 0 amide bonds. The summed E-state index contributed by atoms with van der Waals surface area (Å²) in [6.07, 6.45) is 17.7. The molecule has 0 saturated heterocycles. The quantitative estimate of drug-likeness (QED) is 0.230. The van der Waals surface area contributed by atoms with Crippen LogP contribution in [0.25, 0.3) is 0 Å². The number of rotatable bonds is 18. The minimum absolute atomic E-state index is 0.153. The summed E-state index contributed by atoms with van der Waals surface area (Å²) in [4.78, 5) is 0. The Kier molecular flexibility index (Phi) is 16.0. The van der Waals surface area contributed by atoms with Crippen LogP contribution in [-0.4, -0.2) is 29.4 Å². The predicted octanol–water partition coefficient (Wildman–Crippen LogP) is 5.89. The summed E-state index contributed by atoms with van der Waals surface area (Å²) in [5.41, 5.74) is 0. The van der Waals surface area contributed by atoms with Crippen LogP contribution in [0, 0.1) is 0 Å². The molecule has 0 aliphatic carbocycles. The third-order valence-electron chi connectivity index (χ3n) is 5.05. The highest BCUT2D eigenvalue weighted by Gasteiger charge is 2.15. The molecule has 0 radical (unpaired) electrons. The molecule has 25 heavy (non-hydrogen) atoms. The highest BCUT2D eigenvalue weighted by molar-refractivity contribution is 7.86. The third kappa shape index (κ3) is 17.1. The van der Waals surface area contributed by atoms with Gasteiger partial charge in [-0.15, -0.1) is 0 Å². The van der Waals surface area contributed by atoms with Gasteiger partial charge < -0.3 is 5.11 Å². The topological polar surface area (TPSA) is 74.6 Å². The molecule has 0 aromatic rings. The second kappa shape index (κ2) is 16.1. The fourth-order valence-corrected chi connectivity index (χ4v) is 3.61. The SMILES string of the molecule is CCCCCCCCCCC(O)CCCCCCCC(C)S(=O)(=O)O. The van der Waals surface area contributed by atoms with Crippen LogP contribution in [0.15, 0.2) is 0 Å². The second-order valence-electron chi connectivity index (χ2n) is 7.59. The zero-order chi connectivity index (χ0) is 19.0. The normalized spacial score (nSPS) is 14.6. The van der Waals surface area contributed by atoms with Gasteiger partial charge in [0.2, 0.25) is 0 Å². The highest BCUT2D eigenvalue weighted by Crippen LogP contribution is 2.15. The van der Waals surface area contributed by atoms with E-state index in [1.54, 1.807) is 6.92 Å². The average Bonchev–Trinajstić information content (AvgIpc) is 2.55. The van der Waals surface area contributed by atoms with Gasteiger partial charge in [-0.3, -0.25) is 4.55 Å². The van der Waals surface area contributed by atoms with Crippen molar-refractivity contribution in [2.24, 2.45) is 0 Å². The lowest BCUT2D eigenvalue weighted by molar-refractivity contribution is 0.147. The van der Waals surface area contributed by atoms with Gasteiger partial charge in [-0.25, -0.2) is 0 Å². The predicted molar refractivity (Wildman–Crippen MR) is 107 cm³/mol. The van der Waals surface area contributed by atoms with Gasteiger partial charge in [0.05, 0.1) is 11.4 Å². The first kappa shape index (κ1) is 24.9. The number of hydrogen-bond donors (Lipinski definition) is 2. The van der Waals surface area contributed by atoms with E-state index in [9.17, 15) is 13.5 Å². The van der Waals surface area contributed by atoms with Crippen molar-refractivity contribution < 1.29 is 18.1 Å². The molecule has 0 spiro atoms. The number of aliphatic hydroxyl groups is 1. The first-order valence-corrected chi connectivity index (χ1v) is 12.0. The van der Waals surface area contributed by atoms with Crippen LogP contribution >= 0.6 is 0 Å². The largest absolute Gasteiger partial charge is 0.393 e. The maximum atomic E-state index is 10.9. The third-order valence-corrected chi connectivity index (χ3v) is 6.30. The fraction of sp³-hybridized carbons (Fsp3) is 1.00. The van der Waals surface area contributed by atoms with E-state index in [0.29, 0.717) is 6.42 Å². The van der Waals surface area contributed by atoms with Crippen LogP contribution in [-0.2, 0) is 10.1 Å². The molecule has 0 bridgehead atoms. The van der Waals surface area contributed by atoms with E-state index < -0.39 is 15.4 Å². The average molecular weight is 379 g/mol. The van der Waals surface area contributed by atoms with Crippen molar-refractivity contribution in [3.63, 3.8) is 0 Å². The first-order valence-electron chi connectivity index (χ1n) is 10.5. The molecule has 2 N–H and O–H groups in total. The molecule has 0 fully saturated rings. The lowest BCUT2D eigenvalue weighted by Gasteiger charge is -2.10. The molecule has 0 aromatic carbocycles. The van der Waals surface area contributed by atoms with Crippen LogP contribution in [0.4, 0.5) is 0 Å². The standard InChI is InChI=1S/C20H42O4S/c1-3-4-5-6-7-8-11-14-17-20(21)18-15-12-9-10-13-16-19(2)25(22,23)24/h19-21H,3-18H2,1-2H3,(H,22,23,24). The van der Waals surface area contributed by atoms with Gasteiger partial charge in [-0.1, -0.05) is 90.4 Å². The molecule has 0 aliphatic heterocycles. The van der Waals surface area contributed by atoms with Crippen molar-refractivity contribution in [3.8, 4) is 0 Å². The molecule has 4 nitrogen and oxygen atoms in total. The summed E-state index contributed by atoms with van der Waals surface area (Å²) in [6, 6.07) is 0. The Hall–Kier alpha value is -0.130. The van der Waals surface area contributed by atoms with E-state index in [1.807, 2.05) is 0 Å². The molecular weight excluding hydrogens is 336 g/mol. The highest BCUT2D eigenvalue weighted by atomic mass is 32.2. The minimum Gasteiger partial charge on any atom is -0.393 e. The number of aliphatic hydroxyl groups excluding tert-OH is 1. The fourth-order valence-electron chi connectivity index (χ4n) is 3.15. The molecule has 0 saturated carbocycles. The molecule has 2 atom stereocenters. The van der Waals surface area contributed by atoms with Crippen LogP contribution < -0.4 is 0 Å². The maximum Gasteiger partial charge on any atom is 0.267 e. The van der Waals surface area contributed by atoms with Crippen molar-refractivity contribution in [3.05, 3.63) is 0 Å². The Bertz CT molecular complexity index is 381. The van der Waals surface area contributed by atoms with Crippen LogP contribution in [0.5, 0.6) is 0 Å². The first-order chi connectivity index (χ1) is 11.9. The van der Waals surface area contributed by atoms with Gasteiger partial charge in [-0.05, 0) is 26.2 Å². The van der Waals surface area contributed by atoms with Crippen molar-refractivity contribution in [1.82, 2.24) is 0 Å². The zero-order valence-electron chi connectivity index (χ0n) is 16.6. The Balaban J connectivity index is 3.32. The molecule has 0 rings (SSSR count). The lowest BCUT2D eigenvalue weighted by atomic mass is 10.0. The van der Waals surface area contributed by atoms with E-state index in [1.165, 1.54) is 44.9 Å². The molecule has 5 heteroatoms. The summed E-state index contributed by atoms with van der Waals surface area (Å²) in [5, 5.41) is 9.34. The van der Waals surface area contributed by atoms with E-state index >= 15 is 0 Å². The smallest absolute Gasteiger partial charge is 0.267 e. The van der Waals surface area contributed by atoms with Crippen molar-refractivity contribution in [1.29, 1.82) is 0 Å². The minimum atomic E-state index is -3.86. The Morgan fingerprint density at radius 1 is 0.680 bits per heavy atom. The summed E-state index contributed by atoms with van der Waals surface area (Å²) in [6.45, 7) is 3.79. The van der Waals surface area contributed by atoms with Crippen molar-refractivity contribution >= 4 is 10.1 Å². The van der Waals surface area contributed by atoms with Gasteiger partial charge in [-0.2, -0.15) is 8.42 Å². The van der Waals surface area contributed by atoms with Crippen LogP contribution in [0.2, 0.25) is 0 Å². The van der Waals surface area contributed by atoms with Crippen LogP contribution in [0.3, 0.4) is 0 Å². The summed E-state index contributed by atoms with van der Waals surface area (Å²) in [7, 11) is -3.86. The van der Waals surface area contributed by atoms with Gasteiger partial charge in [0.25, 0.3) is 10.1 Å². The Morgan fingerprint density at radius 2 is 1.04 bits per heavy atom. The Morgan fingerprint density at radius 3 is 1.44 bits per heavy atom. The molecular formula is C20H42O4S. The molecule has 0 aromatic heterocycles. The van der Waals surface area contributed by atoms with E-state index in [4.69, 9.17) is 4.55 Å². The van der Waals surface area contributed by atoms with Gasteiger partial charge >= 0.3 is 0 Å². The molecule has 152 valence electrons. The second-order valence-corrected chi connectivity index (χ2v) is 9.42.